The van der Waals surface area contributed by atoms with Gasteiger partial charge in [0.25, 0.3) is 5.91 Å². The van der Waals surface area contributed by atoms with Crippen molar-refractivity contribution in [1.29, 1.82) is 0 Å². The highest BCUT2D eigenvalue weighted by Gasteiger charge is 2.31. The molecule has 242 valence electrons. The monoisotopic (exact) mass is 637 g/mol. The fraction of sp³-hybridized carbons (Fsp3) is 0.531. The summed E-state index contributed by atoms with van der Waals surface area (Å²) in [6.45, 7) is 5.98. The molecule has 0 radical (unpaired) electrons. The topological polar surface area (TPSA) is 146 Å². The van der Waals surface area contributed by atoms with Gasteiger partial charge in [0.2, 0.25) is 5.91 Å². The Labute approximate surface area is 270 Å². The second-order valence-electron chi connectivity index (χ2n) is 12.1. The average Bonchev–Trinajstić information content (AvgIpc) is 3.53. The molecule has 1 aliphatic carbocycles. The summed E-state index contributed by atoms with van der Waals surface area (Å²) >= 11 is 0. The van der Waals surface area contributed by atoms with E-state index < -0.39 is 6.10 Å². The van der Waals surface area contributed by atoms with E-state index in [0.29, 0.717) is 30.6 Å². The van der Waals surface area contributed by atoms with Gasteiger partial charge in [-0.25, -0.2) is 15.0 Å². The maximum atomic E-state index is 12.8. The number of likely N-dealkylation sites (tertiary alicyclic amines) is 1. The van der Waals surface area contributed by atoms with Crippen molar-refractivity contribution in [3.05, 3.63) is 65.3 Å². The third-order valence-corrected chi connectivity index (χ3v) is 9.05. The number of aromatic nitrogens is 3. The summed E-state index contributed by atoms with van der Waals surface area (Å²) in [5.41, 5.74) is 3.86. The van der Waals surface area contributed by atoms with Crippen molar-refractivity contribution in [2.24, 2.45) is 5.92 Å². The van der Waals surface area contributed by atoms with E-state index in [1.54, 1.807) is 12.3 Å². The first-order valence-corrected chi connectivity index (χ1v) is 15.6. The zero-order valence-electron chi connectivity index (χ0n) is 25.7. The molecule has 6 rings (SSSR count). The van der Waals surface area contributed by atoms with Crippen molar-refractivity contribution >= 4 is 31.1 Å². The molecule has 3 aliphatic rings. The van der Waals surface area contributed by atoms with Crippen LogP contribution in [0.4, 0.5) is 5.82 Å². The van der Waals surface area contributed by atoms with E-state index in [4.69, 9.17) is 9.15 Å². The smallest absolute Gasteiger partial charge is 0.270 e. The molecule has 0 spiro atoms. The molecular weight excluding hydrogens is 594 g/mol. The summed E-state index contributed by atoms with van der Waals surface area (Å²) in [5.74, 6) is 2.28. The predicted octanol–water partition coefficient (Wildman–Crippen LogP) is 2.82. The number of benzene rings is 1. The molecular formula is C32H43N7O5S. The van der Waals surface area contributed by atoms with Crippen LogP contribution in [0.3, 0.4) is 0 Å². The highest BCUT2D eigenvalue weighted by atomic mass is 32.1. The van der Waals surface area contributed by atoms with Gasteiger partial charge < -0.3 is 29.8 Å². The Morgan fingerprint density at radius 2 is 1.98 bits per heavy atom. The first-order chi connectivity index (χ1) is 21.4. The van der Waals surface area contributed by atoms with Crippen molar-refractivity contribution < 1.29 is 23.8 Å². The Morgan fingerprint density at radius 1 is 1.16 bits per heavy atom. The van der Waals surface area contributed by atoms with E-state index in [1.807, 2.05) is 11.0 Å². The largest absolute Gasteiger partial charge is 0.485 e. The molecule has 1 saturated heterocycles. The lowest BCUT2D eigenvalue weighted by Crippen LogP contribution is -2.46. The number of carbonyl (C=O) groups excluding carboxylic acids is 2. The van der Waals surface area contributed by atoms with E-state index >= 15 is 0 Å². The minimum atomic E-state index is -0.724. The van der Waals surface area contributed by atoms with Crippen LogP contribution < -0.4 is 15.4 Å². The van der Waals surface area contributed by atoms with Crippen molar-refractivity contribution in [3.8, 4) is 5.75 Å². The molecule has 4 heterocycles. The number of rotatable bonds is 11. The molecule has 0 bridgehead atoms. The van der Waals surface area contributed by atoms with Gasteiger partial charge in [0.15, 0.2) is 12.2 Å². The number of piperidine rings is 1. The minimum Gasteiger partial charge on any atom is -0.485 e. The average molecular weight is 638 g/mol. The van der Waals surface area contributed by atoms with Gasteiger partial charge in [0.05, 0.1) is 12.3 Å². The van der Waals surface area contributed by atoms with Crippen LogP contribution in [0.5, 0.6) is 5.75 Å². The van der Waals surface area contributed by atoms with E-state index in [9.17, 15) is 14.7 Å². The number of nitrogens with zero attached hydrogens (tertiary/aromatic N) is 5. The lowest BCUT2D eigenvalue weighted by atomic mass is 9.84. The molecule has 1 atom stereocenters. The summed E-state index contributed by atoms with van der Waals surface area (Å²) in [4.78, 5) is 41.9. The number of aliphatic hydroxyl groups excluding tert-OH is 1. The van der Waals surface area contributed by atoms with Gasteiger partial charge in [0, 0.05) is 57.3 Å². The third-order valence-electron chi connectivity index (χ3n) is 9.05. The fourth-order valence-corrected chi connectivity index (χ4v) is 6.24. The maximum absolute atomic E-state index is 12.8. The molecule has 13 heteroatoms. The number of anilines is 1. The van der Waals surface area contributed by atoms with Crippen LogP contribution in [0, 0.1) is 12.8 Å². The number of ether oxygens (including phenoxy) is 1. The van der Waals surface area contributed by atoms with Crippen LogP contribution in [0.15, 0.2) is 41.5 Å². The third kappa shape index (κ3) is 8.13. The summed E-state index contributed by atoms with van der Waals surface area (Å²) in [6, 6.07) is 5.89. The van der Waals surface area contributed by atoms with Gasteiger partial charge in [-0.15, -0.1) is 0 Å². The van der Waals surface area contributed by atoms with E-state index in [0.717, 1.165) is 76.0 Å². The van der Waals surface area contributed by atoms with Gasteiger partial charge in [-0.3, -0.25) is 14.5 Å². The number of fused-ring (bicyclic) bond motifs is 1. The standard InChI is InChI=1S/C32H41N7O5.H2S/c1-21-27-9-10-38(16-23(27)5-6-29(21)43-18-26-15-33-20-44-26)17-25(40)14-34-31(41)28-13-30(36-19-35-28)37-24-7-11-39(12-8-24)32(42)22-3-2-4-22;/h5-6,13,15,19-20,22,24-25,40H,2-4,7-12,14,16-18H2,1H3,(H,34,41)(H,35,36,37);1H2/t25-;/m0./s1. The van der Waals surface area contributed by atoms with Crippen LogP contribution in [0.1, 0.15) is 65.0 Å². The van der Waals surface area contributed by atoms with Gasteiger partial charge >= 0.3 is 0 Å². The summed E-state index contributed by atoms with van der Waals surface area (Å²) in [5, 5.41) is 16.9. The predicted molar refractivity (Wildman–Crippen MR) is 172 cm³/mol. The van der Waals surface area contributed by atoms with Gasteiger partial charge in [-0.2, -0.15) is 13.5 Å². The second-order valence-corrected chi connectivity index (χ2v) is 12.1. The Morgan fingerprint density at radius 3 is 2.71 bits per heavy atom. The van der Waals surface area contributed by atoms with Crippen molar-refractivity contribution in [2.75, 3.05) is 38.0 Å². The van der Waals surface area contributed by atoms with Crippen LogP contribution in [0.25, 0.3) is 0 Å². The molecule has 2 aliphatic heterocycles. The van der Waals surface area contributed by atoms with Crippen molar-refractivity contribution in [1.82, 2.24) is 30.1 Å². The number of nitrogens with one attached hydrogen (secondary N) is 2. The molecule has 2 amide bonds. The van der Waals surface area contributed by atoms with E-state index in [-0.39, 0.29) is 43.6 Å². The van der Waals surface area contributed by atoms with Crippen molar-refractivity contribution in [2.45, 2.75) is 70.7 Å². The lowest BCUT2D eigenvalue weighted by molar-refractivity contribution is -0.139. The first kappa shape index (κ1) is 32.7. The Bertz CT molecular complexity index is 1440. The molecule has 45 heavy (non-hydrogen) atoms. The van der Waals surface area contributed by atoms with Crippen LogP contribution >= 0.6 is 13.5 Å². The number of hydrogen-bond donors (Lipinski definition) is 3. The van der Waals surface area contributed by atoms with Crippen LogP contribution in [-0.2, 0) is 24.4 Å². The van der Waals surface area contributed by atoms with Gasteiger partial charge in [-0.1, -0.05) is 12.5 Å². The Balaban J connectivity index is 0.00000400. The number of oxazole rings is 1. The normalized spacial score (nSPS) is 17.9. The zero-order valence-corrected chi connectivity index (χ0v) is 26.7. The van der Waals surface area contributed by atoms with Crippen molar-refractivity contribution in [3.63, 3.8) is 0 Å². The number of carbonyl (C=O) groups is 2. The SMILES string of the molecule is Cc1c(OCc2cnco2)ccc2c1CCN(C[C@@H](O)CNC(=O)c1cc(NC3CCN(C(=O)C4CCC4)CC3)ncn1)C2.S. The quantitative estimate of drug-likeness (QED) is 0.287. The van der Waals surface area contributed by atoms with Gasteiger partial charge in [-0.05, 0) is 61.8 Å². The second kappa shape index (κ2) is 15.1. The van der Waals surface area contributed by atoms with Gasteiger partial charge in [0.1, 0.15) is 30.2 Å². The first-order valence-electron chi connectivity index (χ1n) is 15.6. The molecule has 12 nitrogen and oxygen atoms in total. The highest BCUT2D eigenvalue weighted by Crippen LogP contribution is 2.31. The number of aliphatic hydroxyl groups is 1. The lowest BCUT2D eigenvalue weighted by Gasteiger charge is -2.36. The highest BCUT2D eigenvalue weighted by molar-refractivity contribution is 7.59. The number of amides is 2. The maximum Gasteiger partial charge on any atom is 0.270 e. The van der Waals surface area contributed by atoms with Crippen LogP contribution in [-0.4, -0.2) is 86.5 Å². The Kier molecular flexibility index (Phi) is 11.0. The molecule has 3 N–H and O–H groups in total. The number of hydrogen-bond acceptors (Lipinski definition) is 10. The summed E-state index contributed by atoms with van der Waals surface area (Å²) in [7, 11) is 0. The molecule has 2 aromatic heterocycles. The van der Waals surface area contributed by atoms with E-state index in [1.165, 1.54) is 23.8 Å². The zero-order chi connectivity index (χ0) is 30.5. The minimum absolute atomic E-state index is 0. The molecule has 0 unspecified atom stereocenters. The molecule has 2 fully saturated rings. The van der Waals surface area contributed by atoms with Crippen LogP contribution in [0.2, 0.25) is 0 Å². The fourth-order valence-electron chi connectivity index (χ4n) is 6.24. The number of β-amino-alcohol motifs (C(OH)–C–C–N with tert-alkyl or cyclic N) is 1. The summed E-state index contributed by atoms with van der Waals surface area (Å²) in [6.07, 6.45) is 9.44. The molecule has 3 aromatic rings. The molecule has 1 saturated carbocycles. The Hall–Kier alpha value is -3.68. The molecule has 1 aromatic carbocycles. The summed E-state index contributed by atoms with van der Waals surface area (Å²) < 4.78 is 11.2. The van der Waals surface area contributed by atoms with E-state index in [2.05, 4.69) is 43.5 Å².